The third kappa shape index (κ3) is 2.37. The first-order valence-electron chi connectivity index (χ1n) is 9.24. The van der Waals surface area contributed by atoms with Gasteiger partial charge < -0.3 is 9.80 Å². The van der Waals surface area contributed by atoms with Gasteiger partial charge in [0.05, 0.1) is 28.4 Å². The maximum absolute atomic E-state index is 13.2. The van der Waals surface area contributed by atoms with E-state index in [-0.39, 0.29) is 35.0 Å². The number of amides is 4. The highest BCUT2D eigenvalue weighted by Crippen LogP contribution is 2.44. The predicted molar refractivity (Wildman–Crippen MR) is 103 cm³/mol. The molecule has 7 nitrogen and oxygen atoms in total. The summed E-state index contributed by atoms with van der Waals surface area (Å²) < 4.78 is 0. The second kappa shape index (κ2) is 5.95. The van der Waals surface area contributed by atoms with E-state index in [1.807, 2.05) is 26.8 Å². The largest absolute Gasteiger partial charge is 0.334 e. The average molecular weight is 401 g/mol. The minimum Gasteiger partial charge on any atom is -0.334 e. The molecule has 3 saturated heterocycles. The van der Waals surface area contributed by atoms with Gasteiger partial charge in [0.1, 0.15) is 12.1 Å². The molecule has 28 heavy (non-hydrogen) atoms. The van der Waals surface area contributed by atoms with Crippen molar-refractivity contribution in [3.63, 3.8) is 0 Å². The fourth-order valence-electron chi connectivity index (χ4n) is 4.55. The molecule has 3 atom stereocenters. The third-order valence-corrected chi connectivity index (χ3v) is 6.37. The SMILES string of the molecule is Cc1c(N2C(=O)[C@@H]3C4C[C@H](CN4C(=O)C(C)(C)C)N3C2=O)ccc(C#N)c1Cl. The van der Waals surface area contributed by atoms with Crippen molar-refractivity contribution in [1.29, 1.82) is 5.26 Å². The van der Waals surface area contributed by atoms with E-state index < -0.39 is 11.5 Å². The molecule has 8 heteroatoms. The summed E-state index contributed by atoms with van der Waals surface area (Å²) in [6.45, 7) is 7.71. The van der Waals surface area contributed by atoms with Crippen LogP contribution >= 0.6 is 11.6 Å². The van der Waals surface area contributed by atoms with E-state index in [9.17, 15) is 14.4 Å². The van der Waals surface area contributed by atoms with Crippen LogP contribution in [0.15, 0.2) is 12.1 Å². The minimum atomic E-state index is -0.661. The molecule has 0 spiro atoms. The Morgan fingerprint density at radius 3 is 2.57 bits per heavy atom. The van der Waals surface area contributed by atoms with Gasteiger partial charge in [-0.1, -0.05) is 32.4 Å². The molecule has 0 radical (unpaired) electrons. The zero-order valence-corrected chi connectivity index (χ0v) is 16.9. The number of nitrogens with zero attached hydrogens (tertiary/aromatic N) is 4. The molecule has 2 bridgehead atoms. The number of fused-ring (bicyclic) bond motifs is 5. The Hall–Kier alpha value is -2.59. The zero-order chi connectivity index (χ0) is 20.5. The Morgan fingerprint density at radius 1 is 1.29 bits per heavy atom. The first-order chi connectivity index (χ1) is 13.1. The predicted octanol–water partition coefficient (Wildman–Crippen LogP) is 2.69. The van der Waals surface area contributed by atoms with Crippen LogP contribution < -0.4 is 4.90 Å². The monoisotopic (exact) mass is 400 g/mol. The lowest BCUT2D eigenvalue weighted by atomic mass is 9.93. The Balaban J connectivity index is 1.70. The summed E-state index contributed by atoms with van der Waals surface area (Å²) in [6.07, 6.45) is 0.630. The number of hydrogen-bond acceptors (Lipinski definition) is 4. The Labute approximate surface area is 168 Å². The lowest BCUT2D eigenvalue weighted by Gasteiger charge is -2.37. The molecule has 1 aromatic rings. The van der Waals surface area contributed by atoms with E-state index in [4.69, 9.17) is 16.9 Å². The van der Waals surface area contributed by atoms with Gasteiger partial charge in [0.25, 0.3) is 5.91 Å². The van der Waals surface area contributed by atoms with Gasteiger partial charge in [-0.15, -0.1) is 0 Å². The zero-order valence-electron chi connectivity index (χ0n) is 16.2. The number of nitriles is 1. The number of halogens is 1. The van der Waals surface area contributed by atoms with Crippen LogP contribution in [0.4, 0.5) is 10.5 Å². The molecule has 4 rings (SSSR count). The van der Waals surface area contributed by atoms with Crippen LogP contribution in [0.25, 0.3) is 0 Å². The molecular formula is C20H21ClN4O3. The molecule has 1 aromatic carbocycles. The van der Waals surface area contributed by atoms with Crippen molar-refractivity contribution in [3.05, 3.63) is 28.3 Å². The first-order valence-corrected chi connectivity index (χ1v) is 9.62. The minimum absolute atomic E-state index is 0.00375. The van der Waals surface area contributed by atoms with Crippen molar-refractivity contribution < 1.29 is 14.4 Å². The second-order valence-electron chi connectivity index (χ2n) is 8.66. The molecule has 146 valence electrons. The summed E-state index contributed by atoms with van der Waals surface area (Å²) in [5.41, 5.74) is 0.655. The van der Waals surface area contributed by atoms with E-state index >= 15 is 0 Å². The summed E-state index contributed by atoms with van der Waals surface area (Å²) >= 11 is 6.24. The summed E-state index contributed by atoms with van der Waals surface area (Å²) in [4.78, 5) is 43.7. The van der Waals surface area contributed by atoms with E-state index in [0.717, 1.165) is 4.90 Å². The van der Waals surface area contributed by atoms with Crippen molar-refractivity contribution >= 4 is 35.1 Å². The molecular weight excluding hydrogens is 380 g/mol. The molecule has 4 amide bonds. The number of benzene rings is 1. The number of urea groups is 1. The van der Waals surface area contributed by atoms with Gasteiger partial charge in [0.2, 0.25) is 5.91 Å². The Morgan fingerprint density at radius 2 is 1.96 bits per heavy atom. The third-order valence-electron chi connectivity index (χ3n) is 5.89. The standard InChI is InChI=1S/C20H21ClN4O3/c1-10-13(6-5-11(8-22)15(10)21)25-17(26)16-14-7-12(24(16)19(25)28)9-23(14)18(27)20(2,3)4/h5-6,12,14,16H,7,9H2,1-4H3/t12-,14?,16+/m1/s1. The fraction of sp³-hybridized carbons (Fsp3) is 0.500. The van der Waals surface area contributed by atoms with Crippen molar-refractivity contribution in [2.45, 2.75) is 52.2 Å². The molecule has 3 aliphatic heterocycles. The number of likely N-dealkylation sites (tertiary alicyclic amines) is 1. The van der Waals surface area contributed by atoms with Gasteiger partial charge in [-0.05, 0) is 31.0 Å². The highest BCUT2D eigenvalue weighted by molar-refractivity contribution is 6.33. The highest BCUT2D eigenvalue weighted by atomic mass is 35.5. The Kier molecular flexibility index (Phi) is 3.99. The van der Waals surface area contributed by atoms with Crippen LogP contribution in [0.5, 0.6) is 0 Å². The van der Waals surface area contributed by atoms with Crippen LogP contribution in [0.2, 0.25) is 5.02 Å². The molecule has 3 aliphatic rings. The molecule has 3 heterocycles. The smallest absolute Gasteiger partial charge is 0.332 e. The van der Waals surface area contributed by atoms with E-state index in [0.29, 0.717) is 29.8 Å². The van der Waals surface area contributed by atoms with Crippen LogP contribution in [0.3, 0.4) is 0 Å². The van der Waals surface area contributed by atoms with Crippen LogP contribution in [-0.2, 0) is 9.59 Å². The van der Waals surface area contributed by atoms with Gasteiger partial charge in [-0.2, -0.15) is 5.26 Å². The number of hydrogen-bond donors (Lipinski definition) is 0. The van der Waals surface area contributed by atoms with Gasteiger partial charge in [0.15, 0.2) is 0 Å². The lowest BCUT2D eigenvalue weighted by molar-refractivity contribution is -0.143. The van der Waals surface area contributed by atoms with Crippen LogP contribution in [0.1, 0.15) is 38.3 Å². The summed E-state index contributed by atoms with van der Waals surface area (Å²) in [6, 6.07) is 3.60. The van der Waals surface area contributed by atoms with Gasteiger partial charge in [0, 0.05) is 12.0 Å². The summed E-state index contributed by atoms with van der Waals surface area (Å²) in [5.74, 6) is -0.344. The average Bonchev–Trinajstić information content (AvgIpc) is 3.28. The second-order valence-corrected chi connectivity index (χ2v) is 9.03. The molecule has 0 saturated carbocycles. The molecule has 3 fully saturated rings. The number of rotatable bonds is 1. The maximum atomic E-state index is 13.2. The van der Waals surface area contributed by atoms with Gasteiger partial charge in [-0.25, -0.2) is 9.69 Å². The van der Waals surface area contributed by atoms with E-state index in [2.05, 4.69) is 0 Å². The van der Waals surface area contributed by atoms with Gasteiger partial charge in [-0.3, -0.25) is 9.59 Å². The number of carbonyl (C=O) groups excluding carboxylic acids is 3. The van der Waals surface area contributed by atoms with Crippen LogP contribution in [-0.4, -0.2) is 52.3 Å². The van der Waals surface area contributed by atoms with Crippen molar-refractivity contribution in [2.24, 2.45) is 5.41 Å². The lowest BCUT2D eigenvalue weighted by Crippen LogP contribution is -2.56. The molecule has 0 aromatic heterocycles. The topological polar surface area (TPSA) is 84.7 Å². The maximum Gasteiger partial charge on any atom is 0.332 e. The van der Waals surface area contributed by atoms with E-state index in [1.54, 1.807) is 22.8 Å². The van der Waals surface area contributed by atoms with Crippen LogP contribution in [0, 0.1) is 23.7 Å². The highest BCUT2D eigenvalue weighted by Gasteiger charge is 2.63. The first kappa shape index (κ1) is 18.8. The number of imide groups is 1. The normalized spacial score (nSPS) is 26.1. The van der Waals surface area contributed by atoms with Gasteiger partial charge >= 0.3 is 6.03 Å². The van der Waals surface area contributed by atoms with Crippen molar-refractivity contribution in [1.82, 2.24) is 9.80 Å². The number of anilines is 1. The molecule has 1 unspecified atom stereocenters. The molecule has 0 aliphatic carbocycles. The quantitative estimate of drug-likeness (QED) is 0.678. The molecule has 0 N–H and O–H groups in total. The van der Waals surface area contributed by atoms with Crippen molar-refractivity contribution in [3.8, 4) is 6.07 Å². The summed E-state index contributed by atoms with van der Waals surface area (Å²) in [5, 5.41) is 9.37. The van der Waals surface area contributed by atoms with E-state index in [1.165, 1.54) is 6.07 Å². The number of carbonyl (C=O) groups is 3. The Bertz CT molecular complexity index is 961. The number of piperazine rings is 1. The van der Waals surface area contributed by atoms with Crippen molar-refractivity contribution in [2.75, 3.05) is 11.4 Å². The summed E-state index contributed by atoms with van der Waals surface area (Å²) in [7, 11) is 0. The fourth-order valence-corrected chi connectivity index (χ4v) is 4.75.